The third-order valence-electron chi connectivity index (χ3n) is 3.30. The highest BCUT2D eigenvalue weighted by molar-refractivity contribution is 5.75. The highest BCUT2D eigenvalue weighted by Gasteiger charge is 2.11. The first-order valence-electron chi connectivity index (χ1n) is 6.87. The molecule has 1 heterocycles. The third kappa shape index (κ3) is 2.94. The first-order chi connectivity index (χ1) is 9.30. The lowest BCUT2D eigenvalue weighted by Gasteiger charge is -2.12. The van der Waals surface area contributed by atoms with Crippen molar-refractivity contribution < 1.29 is 0 Å². The lowest BCUT2D eigenvalue weighted by molar-refractivity contribution is 0.526. The molecule has 1 N–H and O–H groups in total. The Hall–Kier alpha value is -1.86. The number of rotatable bonds is 6. The van der Waals surface area contributed by atoms with Crippen LogP contribution < -0.4 is 5.32 Å². The fraction of sp³-hybridized carbons (Fsp3) is 0.467. The van der Waals surface area contributed by atoms with Gasteiger partial charge in [0.25, 0.3) is 0 Å². The van der Waals surface area contributed by atoms with E-state index < -0.39 is 0 Å². The van der Waals surface area contributed by atoms with Crippen LogP contribution in [0.5, 0.6) is 0 Å². The van der Waals surface area contributed by atoms with E-state index in [1.165, 1.54) is 0 Å². The van der Waals surface area contributed by atoms with Gasteiger partial charge < -0.3 is 9.88 Å². The molecule has 1 aromatic heterocycles. The van der Waals surface area contributed by atoms with Crippen molar-refractivity contribution in [1.82, 2.24) is 14.9 Å². The van der Waals surface area contributed by atoms with Crippen LogP contribution in [0.15, 0.2) is 24.3 Å². The van der Waals surface area contributed by atoms with Gasteiger partial charge in [-0.2, -0.15) is 5.26 Å². The number of para-hydroxylation sites is 2. The van der Waals surface area contributed by atoms with Crippen LogP contribution in [0.4, 0.5) is 0 Å². The van der Waals surface area contributed by atoms with Gasteiger partial charge in [0.05, 0.1) is 23.1 Å². The molecule has 0 aliphatic heterocycles. The van der Waals surface area contributed by atoms with Crippen molar-refractivity contribution in [3.63, 3.8) is 0 Å². The molecule has 1 aromatic carbocycles. The summed E-state index contributed by atoms with van der Waals surface area (Å²) >= 11 is 0. The number of benzene rings is 1. The van der Waals surface area contributed by atoms with E-state index in [1.54, 1.807) is 0 Å². The van der Waals surface area contributed by atoms with Gasteiger partial charge in [-0.15, -0.1) is 0 Å². The van der Waals surface area contributed by atoms with Crippen molar-refractivity contribution in [3.05, 3.63) is 30.1 Å². The Kier molecular flexibility index (Phi) is 4.53. The molecule has 0 spiro atoms. The number of aromatic nitrogens is 2. The Balaban J connectivity index is 2.22. The molecule has 4 heteroatoms. The second-order valence-corrected chi connectivity index (χ2v) is 4.55. The van der Waals surface area contributed by atoms with Crippen molar-refractivity contribution in [1.29, 1.82) is 5.26 Å². The van der Waals surface area contributed by atoms with E-state index in [9.17, 15) is 0 Å². The molecule has 1 unspecified atom stereocenters. The first-order valence-corrected chi connectivity index (χ1v) is 6.87. The van der Waals surface area contributed by atoms with E-state index in [4.69, 9.17) is 5.26 Å². The molecule has 1 atom stereocenters. The number of nitrogens with zero attached hydrogens (tertiary/aromatic N) is 3. The molecule has 100 valence electrons. The lowest BCUT2D eigenvalue weighted by atomic mass is 10.2. The fourth-order valence-electron chi connectivity index (χ4n) is 2.36. The Morgan fingerprint density at radius 3 is 2.84 bits per heavy atom. The lowest BCUT2D eigenvalue weighted by Crippen LogP contribution is -2.28. The molecule has 0 saturated heterocycles. The summed E-state index contributed by atoms with van der Waals surface area (Å²) in [5.74, 6) is 1.09. The van der Waals surface area contributed by atoms with E-state index in [0.717, 1.165) is 42.8 Å². The molecule has 0 bridgehead atoms. The maximum Gasteiger partial charge on any atom is 0.109 e. The molecular formula is C15H20N4. The molecule has 0 radical (unpaired) electrons. The zero-order valence-corrected chi connectivity index (χ0v) is 11.6. The zero-order valence-electron chi connectivity index (χ0n) is 11.6. The molecule has 2 aromatic rings. The minimum atomic E-state index is -0.0872. The smallest absolute Gasteiger partial charge is 0.109 e. The average Bonchev–Trinajstić information content (AvgIpc) is 2.81. The molecule has 19 heavy (non-hydrogen) atoms. The van der Waals surface area contributed by atoms with Gasteiger partial charge in [-0.25, -0.2) is 4.98 Å². The molecule has 2 rings (SSSR count). The summed E-state index contributed by atoms with van der Waals surface area (Å²) in [6.45, 7) is 5.79. The molecule has 0 fully saturated rings. The Bertz CT molecular complexity index is 579. The number of hydrogen-bond donors (Lipinski definition) is 1. The van der Waals surface area contributed by atoms with Gasteiger partial charge in [0.2, 0.25) is 0 Å². The zero-order chi connectivity index (χ0) is 13.7. The van der Waals surface area contributed by atoms with Crippen molar-refractivity contribution in [2.45, 2.75) is 39.3 Å². The minimum Gasteiger partial charge on any atom is -0.328 e. The maximum absolute atomic E-state index is 9.09. The maximum atomic E-state index is 9.09. The van der Waals surface area contributed by atoms with Crippen molar-refractivity contribution in [3.8, 4) is 6.07 Å². The van der Waals surface area contributed by atoms with E-state index in [2.05, 4.69) is 33.9 Å². The average molecular weight is 256 g/mol. The number of hydrogen-bond acceptors (Lipinski definition) is 3. The molecule has 0 amide bonds. The van der Waals surface area contributed by atoms with Gasteiger partial charge in [0.1, 0.15) is 5.82 Å². The predicted molar refractivity (Wildman–Crippen MR) is 76.8 cm³/mol. The summed E-state index contributed by atoms with van der Waals surface area (Å²) in [6.07, 6.45) is 1.71. The molecule has 0 saturated carbocycles. The molecule has 0 aliphatic carbocycles. The standard InChI is InChI=1S/C15H20N4/c1-3-15-18-13-7-5-6-8-14(13)19(15)10-9-12(11-16)17-4-2/h5-8,12,17H,3-4,9-10H2,1-2H3. The fourth-order valence-corrected chi connectivity index (χ4v) is 2.36. The van der Waals surface area contributed by atoms with Crippen LogP contribution in [0, 0.1) is 11.3 Å². The molecular weight excluding hydrogens is 236 g/mol. The quantitative estimate of drug-likeness (QED) is 0.864. The van der Waals surface area contributed by atoms with Crippen molar-refractivity contribution >= 4 is 11.0 Å². The van der Waals surface area contributed by atoms with Gasteiger partial charge in [0.15, 0.2) is 0 Å². The number of imidazole rings is 1. The van der Waals surface area contributed by atoms with Crippen LogP contribution in [0.2, 0.25) is 0 Å². The number of aryl methyl sites for hydroxylation is 2. The normalized spacial score (nSPS) is 12.5. The largest absolute Gasteiger partial charge is 0.328 e. The Morgan fingerprint density at radius 2 is 2.16 bits per heavy atom. The Morgan fingerprint density at radius 1 is 1.37 bits per heavy atom. The second kappa shape index (κ2) is 6.35. The Labute approximate surface area is 114 Å². The number of fused-ring (bicyclic) bond motifs is 1. The van der Waals surface area contributed by atoms with Crippen LogP contribution in [0.25, 0.3) is 11.0 Å². The van der Waals surface area contributed by atoms with Gasteiger partial charge in [-0.3, -0.25) is 0 Å². The van der Waals surface area contributed by atoms with Gasteiger partial charge in [0, 0.05) is 13.0 Å². The summed E-state index contributed by atoms with van der Waals surface area (Å²) in [5, 5.41) is 12.3. The van der Waals surface area contributed by atoms with Crippen LogP contribution in [-0.2, 0) is 13.0 Å². The summed E-state index contributed by atoms with van der Waals surface area (Å²) in [6, 6.07) is 10.4. The topological polar surface area (TPSA) is 53.6 Å². The molecule has 4 nitrogen and oxygen atoms in total. The first kappa shape index (κ1) is 13.6. The van der Waals surface area contributed by atoms with Crippen LogP contribution >= 0.6 is 0 Å². The van der Waals surface area contributed by atoms with E-state index in [0.29, 0.717) is 0 Å². The second-order valence-electron chi connectivity index (χ2n) is 4.55. The van der Waals surface area contributed by atoms with E-state index >= 15 is 0 Å². The van der Waals surface area contributed by atoms with Crippen LogP contribution in [0.3, 0.4) is 0 Å². The highest BCUT2D eigenvalue weighted by atomic mass is 15.1. The van der Waals surface area contributed by atoms with Gasteiger partial charge in [-0.1, -0.05) is 26.0 Å². The van der Waals surface area contributed by atoms with Crippen molar-refractivity contribution in [2.24, 2.45) is 0 Å². The minimum absolute atomic E-state index is 0.0872. The van der Waals surface area contributed by atoms with Crippen LogP contribution in [-0.4, -0.2) is 22.1 Å². The number of nitrogens with one attached hydrogen (secondary N) is 1. The number of nitriles is 1. The summed E-state index contributed by atoms with van der Waals surface area (Å²) in [5.41, 5.74) is 2.20. The van der Waals surface area contributed by atoms with Crippen LogP contribution in [0.1, 0.15) is 26.1 Å². The monoisotopic (exact) mass is 256 g/mol. The summed E-state index contributed by atoms with van der Waals surface area (Å²) in [7, 11) is 0. The summed E-state index contributed by atoms with van der Waals surface area (Å²) < 4.78 is 2.23. The molecule has 0 aliphatic rings. The highest BCUT2D eigenvalue weighted by Crippen LogP contribution is 2.17. The summed E-state index contributed by atoms with van der Waals surface area (Å²) in [4.78, 5) is 4.64. The van der Waals surface area contributed by atoms with E-state index in [1.807, 2.05) is 25.1 Å². The van der Waals surface area contributed by atoms with Gasteiger partial charge >= 0.3 is 0 Å². The SMILES string of the molecule is CCNC(C#N)CCn1c(CC)nc2ccccc21. The van der Waals surface area contributed by atoms with Crippen molar-refractivity contribution in [2.75, 3.05) is 6.54 Å². The van der Waals surface area contributed by atoms with Gasteiger partial charge in [-0.05, 0) is 25.1 Å². The third-order valence-corrected chi connectivity index (χ3v) is 3.30. The van der Waals surface area contributed by atoms with E-state index in [-0.39, 0.29) is 6.04 Å². The predicted octanol–water partition coefficient (Wildman–Crippen LogP) is 2.49.